The Hall–Kier alpha value is -1.98. The van der Waals surface area contributed by atoms with Crippen LogP contribution in [0.25, 0.3) is 10.4 Å². The summed E-state index contributed by atoms with van der Waals surface area (Å²) in [6.07, 6.45) is 1.65. The van der Waals surface area contributed by atoms with Crippen LogP contribution in [0.4, 0.5) is 5.82 Å². The minimum absolute atomic E-state index is 0.164. The van der Waals surface area contributed by atoms with Gasteiger partial charge in [-0.15, -0.1) is 11.3 Å². The van der Waals surface area contributed by atoms with Gasteiger partial charge in [0.05, 0.1) is 0 Å². The zero-order valence-electron chi connectivity index (χ0n) is 10.9. The molecule has 104 valence electrons. The highest BCUT2D eigenvalue weighted by atomic mass is 79.9. The van der Waals surface area contributed by atoms with Gasteiger partial charge in [0.2, 0.25) is 0 Å². The van der Waals surface area contributed by atoms with Gasteiger partial charge in [0.25, 0.3) is 5.91 Å². The number of nitrogens with one attached hydrogen (secondary N) is 1. The summed E-state index contributed by atoms with van der Waals surface area (Å²) in [5.41, 5.74) is 1.73. The first-order valence-corrected chi connectivity index (χ1v) is 7.96. The number of pyridine rings is 1. The lowest BCUT2D eigenvalue weighted by atomic mass is 10.1. The second kappa shape index (κ2) is 6.20. The Morgan fingerprint density at radius 2 is 1.90 bits per heavy atom. The molecule has 2 aromatic heterocycles. The Morgan fingerprint density at radius 1 is 1.10 bits per heavy atom. The van der Waals surface area contributed by atoms with Crippen molar-refractivity contribution in [3.05, 3.63) is 70.1 Å². The zero-order chi connectivity index (χ0) is 14.7. The van der Waals surface area contributed by atoms with Gasteiger partial charge in [-0.3, -0.25) is 4.79 Å². The van der Waals surface area contributed by atoms with Crippen LogP contribution in [-0.4, -0.2) is 10.9 Å². The van der Waals surface area contributed by atoms with E-state index in [-0.39, 0.29) is 5.91 Å². The van der Waals surface area contributed by atoms with Gasteiger partial charge in [-0.1, -0.05) is 18.2 Å². The number of rotatable bonds is 3. The maximum absolute atomic E-state index is 12.1. The highest BCUT2D eigenvalue weighted by Crippen LogP contribution is 2.24. The third-order valence-electron chi connectivity index (χ3n) is 2.92. The normalized spacial score (nSPS) is 10.3. The van der Waals surface area contributed by atoms with Crippen molar-refractivity contribution in [2.45, 2.75) is 0 Å². The molecule has 0 aliphatic carbocycles. The number of anilines is 1. The second-order valence-electron chi connectivity index (χ2n) is 4.37. The maximum atomic E-state index is 12.1. The van der Waals surface area contributed by atoms with Crippen LogP contribution in [0.1, 0.15) is 10.4 Å². The number of nitrogens with zero attached hydrogens (tertiary/aromatic N) is 1. The molecule has 0 aliphatic heterocycles. The van der Waals surface area contributed by atoms with Gasteiger partial charge < -0.3 is 5.32 Å². The van der Waals surface area contributed by atoms with Crippen LogP contribution in [0.3, 0.4) is 0 Å². The molecule has 0 bridgehead atoms. The molecule has 0 spiro atoms. The summed E-state index contributed by atoms with van der Waals surface area (Å²) in [6, 6.07) is 15.2. The monoisotopic (exact) mass is 358 g/mol. The fraction of sp³-hybridized carbons (Fsp3) is 0. The van der Waals surface area contributed by atoms with Crippen LogP contribution in [-0.2, 0) is 0 Å². The van der Waals surface area contributed by atoms with Crippen molar-refractivity contribution in [1.29, 1.82) is 0 Å². The summed E-state index contributed by atoms with van der Waals surface area (Å²) in [7, 11) is 0. The molecule has 21 heavy (non-hydrogen) atoms. The number of aromatic nitrogens is 1. The summed E-state index contributed by atoms with van der Waals surface area (Å²) in [5.74, 6) is 0.369. The number of halogens is 1. The predicted octanol–water partition coefficient (Wildman–Crippen LogP) is 4.82. The third-order valence-corrected chi connectivity index (χ3v) is 4.31. The van der Waals surface area contributed by atoms with E-state index in [0.29, 0.717) is 11.4 Å². The molecule has 0 saturated heterocycles. The topological polar surface area (TPSA) is 42.0 Å². The molecule has 0 atom stereocenters. The van der Waals surface area contributed by atoms with E-state index in [9.17, 15) is 4.79 Å². The van der Waals surface area contributed by atoms with Crippen molar-refractivity contribution in [1.82, 2.24) is 4.98 Å². The highest BCUT2D eigenvalue weighted by Gasteiger charge is 2.07. The molecule has 0 radical (unpaired) electrons. The molecule has 0 fully saturated rings. The Bertz CT molecular complexity index is 737. The van der Waals surface area contributed by atoms with Gasteiger partial charge in [0.1, 0.15) is 5.82 Å². The smallest absolute Gasteiger partial charge is 0.256 e. The molecule has 0 saturated carbocycles. The average Bonchev–Trinajstić information content (AvgIpc) is 3.04. The summed E-state index contributed by atoms with van der Waals surface area (Å²) < 4.78 is 0.876. The molecule has 2 heterocycles. The van der Waals surface area contributed by atoms with E-state index in [1.165, 1.54) is 4.88 Å². The molecule has 1 aromatic carbocycles. The number of hydrogen-bond acceptors (Lipinski definition) is 3. The quantitative estimate of drug-likeness (QED) is 0.728. The van der Waals surface area contributed by atoms with E-state index in [1.54, 1.807) is 23.6 Å². The average molecular weight is 359 g/mol. The van der Waals surface area contributed by atoms with E-state index in [0.717, 1.165) is 10.0 Å². The van der Waals surface area contributed by atoms with Gasteiger partial charge in [-0.2, -0.15) is 0 Å². The van der Waals surface area contributed by atoms with Crippen molar-refractivity contribution in [2.75, 3.05) is 5.32 Å². The molecule has 3 aromatic rings. The van der Waals surface area contributed by atoms with Crippen LogP contribution in [0.2, 0.25) is 0 Å². The van der Waals surface area contributed by atoms with Crippen LogP contribution in [0.5, 0.6) is 0 Å². The Balaban J connectivity index is 1.74. The summed E-state index contributed by atoms with van der Waals surface area (Å²) in [4.78, 5) is 17.5. The Labute approximate surface area is 134 Å². The number of carbonyl (C=O) groups excluding carboxylic acids is 1. The molecule has 5 heteroatoms. The van der Waals surface area contributed by atoms with Crippen molar-refractivity contribution in [3.8, 4) is 10.4 Å². The van der Waals surface area contributed by atoms with Crippen LogP contribution in [0, 0.1) is 0 Å². The molecule has 0 aliphatic rings. The standard InChI is InChI=1S/C16H11BrN2OS/c17-13-7-8-15(18-10-13)19-16(20)12-5-3-11(4-6-12)14-2-1-9-21-14/h1-10H,(H,18,19,20). The van der Waals surface area contributed by atoms with Crippen LogP contribution >= 0.6 is 27.3 Å². The lowest BCUT2D eigenvalue weighted by Crippen LogP contribution is -2.12. The number of thiophene rings is 1. The van der Waals surface area contributed by atoms with Crippen molar-refractivity contribution in [3.63, 3.8) is 0 Å². The lowest BCUT2D eigenvalue weighted by molar-refractivity contribution is 0.102. The van der Waals surface area contributed by atoms with Gasteiger partial charge >= 0.3 is 0 Å². The molecule has 1 amide bonds. The summed E-state index contributed by atoms with van der Waals surface area (Å²) in [6.45, 7) is 0. The summed E-state index contributed by atoms with van der Waals surface area (Å²) >= 11 is 4.99. The highest BCUT2D eigenvalue weighted by molar-refractivity contribution is 9.10. The van der Waals surface area contributed by atoms with Crippen molar-refractivity contribution in [2.24, 2.45) is 0 Å². The molecule has 1 N–H and O–H groups in total. The number of benzene rings is 1. The first kappa shape index (κ1) is 14.0. The fourth-order valence-corrected chi connectivity index (χ4v) is 2.83. The third kappa shape index (κ3) is 3.37. The minimum atomic E-state index is -0.164. The largest absolute Gasteiger partial charge is 0.307 e. The molecule has 3 nitrogen and oxygen atoms in total. The van der Waals surface area contributed by atoms with E-state index in [4.69, 9.17) is 0 Å². The van der Waals surface area contributed by atoms with Crippen LogP contribution in [0.15, 0.2) is 64.6 Å². The molecule has 0 unspecified atom stereocenters. The number of carbonyl (C=O) groups is 1. The van der Waals surface area contributed by atoms with Crippen LogP contribution < -0.4 is 5.32 Å². The first-order valence-electron chi connectivity index (χ1n) is 6.29. The van der Waals surface area contributed by atoms with E-state index >= 15 is 0 Å². The number of hydrogen-bond donors (Lipinski definition) is 1. The molecule has 3 rings (SSSR count). The maximum Gasteiger partial charge on any atom is 0.256 e. The first-order chi connectivity index (χ1) is 10.2. The summed E-state index contributed by atoms with van der Waals surface area (Å²) in [5, 5.41) is 4.81. The van der Waals surface area contributed by atoms with E-state index in [2.05, 4.69) is 32.3 Å². The second-order valence-corrected chi connectivity index (χ2v) is 6.23. The zero-order valence-corrected chi connectivity index (χ0v) is 13.3. The van der Waals surface area contributed by atoms with E-state index < -0.39 is 0 Å². The fourth-order valence-electron chi connectivity index (χ4n) is 1.87. The Morgan fingerprint density at radius 3 is 2.52 bits per heavy atom. The van der Waals surface area contributed by atoms with Gasteiger partial charge in [-0.25, -0.2) is 4.98 Å². The van der Waals surface area contributed by atoms with Crippen molar-refractivity contribution >= 4 is 39.0 Å². The van der Waals surface area contributed by atoms with Gasteiger partial charge in [-0.05, 0) is 57.2 Å². The van der Waals surface area contributed by atoms with Gasteiger partial charge in [0, 0.05) is 21.1 Å². The van der Waals surface area contributed by atoms with Gasteiger partial charge in [0.15, 0.2) is 0 Å². The Kier molecular flexibility index (Phi) is 4.13. The predicted molar refractivity (Wildman–Crippen MR) is 89.6 cm³/mol. The number of amides is 1. The lowest BCUT2D eigenvalue weighted by Gasteiger charge is -2.05. The SMILES string of the molecule is O=C(Nc1ccc(Br)cn1)c1ccc(-c2cccs2)cc1. The van der Waals surface area contributed by atoms with Crippen molar-refractivity contribution < 1.29 is 4.79 Å². The minimum Gasteiger partial charge on any atom is -0.307 e. The molecular formula is C16H11BrN2OS. The van der Waals surface area contributed by atoms with E-state index in [1.807, 2.05) is 41.8 Å². The molecular weight excluding hydrogens is 348 g/mol.